The number of benzene rings is 1. The number of carbonyl (C=O) groups excluding carboxylic acids is 2. The third-order valence-electron chi connectivity index (χ3n) is 4.43. The highest BCUT2D eigenvalue weighted by molar-refractivity contribution is 5.89. The first-order valence-electron chi connectivity index (χ1n) is 9.84. The molecule has 9 heteroatoms. The van der Waals surface area contributed by atoms with E-state index in [0.717, 1.165) is 5.65 Å². The summed E-state index contributed by atoms with van der Waals surface area (Å²) in [6.07, 6.45) is 1.87. The van der Waals surface area contributed by atoms with E-state index in [0.29, 0.717) is 23.8 Å². The van der Waals surface area contributed by atoms with Crippen LogP contribution in [0, 0.1) is 5.92 Å². The smallest absolute Gasteiger partial charge is 0.319 e. The number of hydrogen-bond acceptors (Lipinski definition) is 5. The van der Waals surface area contributed by atoms with Gasteiger partial charge >= 0.3 is 6.03 Å². The third-order valence-corrected chi connectivity index (χ3v) is 4.43. The quantitative estimate of drug-likeness (QED) is 0.529. The Morgan fingerprint density at radius 1 is 1.10 bits per heavy atom. The third kappa shape index (κ3) is 5.25. The van der Waals surface area contributed by atoms with Crippen LogP contribution in [-0.4, -0.2) is 39.7 Å². The highest BCUT2D eigenvalue weighted by atomic mass is 16.5. The van der Waals surface area contributed by atoms with Gasteiger partial charge in [0.05, 0.1) is 6.04 Å². The summed E-state index contributed by atoms with van der Waals surface area (Å²) in [7, 11) is 0. The molecule has 158 valence electrons. The fourth-order valence-electron chi connectivity index (χ4n) is 2.94. The van der Waals surface area contributed by atoms with Crippen LogP contribution in [-0.2, 0) is 4.79 Å². The fourth-order valence-corrected chi connectivity index (χ4v) is 2.94. The molecule has 3 amide bonds. The van der Waals surface area contributed by atoms with Crippen molar-refractivity contribution in [2.24, 2.45) is 5.92 Å². The minimum atomic E-state index is -0.350. The molecule has 0 aliphatic heterocycles. The number of aromatic nitrogens is 3. The molecule has 30 heavy (non-hydrogen) atoms. The van der Waals surface area contributed by atoms with Crippen LogP contribution in [0.15, 0.2) is 48.7 Å². The Kier molecular flexibility index (Phi) is 6.84. The SMILES string of the molecule is CCNC(=O)COc1ccc(NC(=O)NC(c2nnc3ccccn23)C(C)C)cc1. The van der Waals surface area contributed by atoms with E-state index < -0.39 is 0 Å². The van der Waals surface area contributed by atoms with Crippen molar-refractivity contribution in [3.8, 4) is 5.75 Å². The van der Waals surface area contributed by atoms with E-state index >= 15 is 0 Å². The van der Waals surface area contributed by atoms with Crippen molar-refractivity contribution >= 4 is 23.3 Å². The summed E-state index contributed by atoms with van der Waals surface area (Å²) in [5, 5.41) is 16.9. The lowest BCUT2D eigenvalue weighted by Gasteiger charge is -2.21. The van der Waals surface area contributed by atoms with E-state index in [1.54, 1.807) is 24.3 Å². The minimum absolute atomic E-state index is 0.0521. The van der Waals surface area contributed by atoms with Gasteiger partial charge in [-0.05, 0) is 49.2 Å². The Hall–Kier alpha value is -3.62. The zero-order chi connectivity index (χ0) is 21.5. The number of fused-ring (bicyclic) bond motifs is 1. The highest BCUT2D eigenvalue weighted by Gasteiger charge is 2.23. The summed E-state index contributed by atoms with van der Waals surface area (Å²) in [5.74, 6) is 1.14. The van der Waals surface area contributed by atoms with E-state index in [4.69, 9.17) is 4.74 Å². The van der Waals surface area contributed by atoms with Crippen molar-refractivity contribution in [3.05, 3.63) is 54.5 Å². The van der Waals surface area contributed by atoms with Gasteiger partial charge in [-0.3, -0.25) is 9.20 Å². The number of ether oxygens (including phenoxy) is 1. The highest BCUT2D eigenvalue weighted by Crippen LogP contribution is 2.21. The number of anilines is 1. The van der Waals surface area contributed by atoms with Gasteiger partial charge in [0.15, 0.2) is 18.1 Å². The molecule has 1 unspecified atom stereocenters. The Morgan fingerprint density at radius 2 is 1.87 bits per heavy atom. The molecule has 0 spiro atoms. The zero-order valence-electron chi connectivity index (χ0n) is 17.3. The molecule has 1 atom stereocenters. The van der Waals surface area contributed by atoms with Gasteiger partial charge in [0, 0.05) is 18.4 Å². The maximum Gasteiger partial charge on any atom is 0.319 e. The second-order valence-electron chi connectivity index (χ2n) is 7.07. The number of likely N-dealkylation sites (N-methyl/N-ethyl adjacent to an activating group) is 1. The Morgan fingerprint density at radius 3 is 2.57 bits per heavy atom. The van der Waals surface area contributed by atoms with Gasteiger partial charge in [-0.25, -0.2) is 4.79 Å². The molecule has 3 N–H and O–H groups in total. The maximum absolute atomic E-state index is 12.6. The molecule has 2 heterocycles. The number of amides is 3. The molecule has 0 bridgehead atoms. The Balaban J connectivity index is 1.61. The average Bonchev–Trinajstić information content (AvgIpc) is 3.15. The van der Waals surface area contributed by atoms with Gasteiger partial charge in [0.25, 0.3) is 5.91 Å². The largest absolute Gasteiger partial charge is 0.484 e. The molecule has 3 aromatic rings. The number of nitrogens with zero attached hydrogens (tertiary/aromatic N) is 3. The molecule has 0 aliphatic rings. The van der Waals surface area contributed by atoms with Gasteiger partial charge in [0.1, 0.15) is 5.75 Å². The van der Waals surface area contributed by atoms with Crippen molar-refractivity contribution in [3.63, 3.8) is 0 Å². The summed E-state index contributed by atoms with van der Waals surface area (Å²) >= 11 is 0. The first-order valence-corrected chi connectivity index (χ1v) is 9.84. The van der Waals surface area contributed by atoms with Crippen molar-refractivity contribution in [1.29, 1.82) is 0 Å². The van der Waals surface area contributed by atoms with E-state index in [2.05, 4.69) is 26.1 Å². The molecule has 0 radical (unpaired) electrons. The van der Waals surface area contributed by atoms with Gasteiger partial charge in [-0.15, -0.1) is 10.2 Å². The van der Waals surface area contributed by atoms with Gasteiger partial charge < -0.3 is 20.7 Å². The van der Waals surface area contributed by atoms with E-state index in [1.807, 2.05) is 49.6 Å². The van der Waals surface area contributed by atoms with E-state index in [9.17, 15) is 9.59 Å². The van der Waals surface area contributed by atoms with Crippen molar-refractivity contribution < 1.29 is 14.3 Å². The van der Waals surface area contributed by atoms with Crippen LogP contribution >= 0.6 is 0 Å². The predicted molar refractivity (Wildman–Crippen MR) is 113 cm³/mol. The molecule has 0 fully saturated rings. The topological polar surface area (TPSA) is 110 Å². The molecule has 0 saturated carbocycles. The molecule has 9 nitrogen and oxygen atoms in total. The van der Waals surface area contributed by atoms with Crippen LogP contribution in [0.25, 0.3) is 5.65 Å². The van der Waals surface area contributed by atoms with Gasteiger partial charge in [0.2, 0.25) is 0 Å². The number of carbonyl (C=O) groups is 2. The van der Waals surface area contributed by atoms with Crippen molar-refractivity contribution in [2.45, 2.75) is 26.8 Å². The van der Waals surface area contributed by atoms with Crippen LogP contribution in [0.1, 0.15) is 32.6 Å². The minimum Gasteiger partial charge on any atom is -0.484 e. The lowest BCUT2D eigenvalue weighted by atomic mass is 10.0. The maximum atomic E-state index is 12.6. The van der Waals surface area contributed by atoms with Crippen LogP contribution in [0.4, 0.5) is 10.5 Å². The molecule has 3 rings (SSSR count). The van der Waals surface area contributed by atoms with Crippen molar-refractivity contribution in [2.75, 3.05) is 18.5 Å². The zero-order valence-corrected chi connectivity index (χ0v) is 17.3. The number of hydrogen-bond donors (Lipinski definition) is 3. The number of nitrogens with one attached hydrogen (secondary N) is 3. The van der Waals surface area contributed by atoms with Gasteiger partial charge in [-0.1, -0.05) is 19.9 Å². The van der Waals surface area contributed by atoms with Gasteiger partial charge in [-0.2, -0.15) is 0 Å². The van der Waals surface area contributed by atoms with Crippen LogP contribution in [0.5, 0.6) is 5.75 Å². The molecule has 0 saturated heterocycles. The molecule has 2 aromatic heterocycles. The lowest BCUT2D eigenvalue weighted by Crippen LogP contribution is -2.36. The summed E-state index contributed by atoms with van der Waals surface area (Å²) < 4.78 is 7.27. The number of rotatable bonds is 8. The molecule has 1 aromatic carbocycles. The lowest BCUT2D eigenvalue weighted by molar-refractivity contribution is -0.122. The second kappa shape index (κ2) is 9.73. The first kappa shape index (κ1) is 21.1. The second-order valence-corrected chi connectivity index (χ2v) is 7.07. The summed E-state index contributed by atoms with van der Waals surface area (Å²) in [4.78, 5) is 24.0. The number of pyridine rings is 1. The Bertz CT molecular complexity index is 999. The average molecular weight is 410 g/mol. The standard InChI is InChI=1S/C21H26N6O3/c1-4-22-18(28)13-30-16-10-8-15(9-11-16)23-21(29)24-19(14(2)3)20-26-25-17-7-5-6-12-27(17)20/h5-12,14,19H,4,13H2,1-3H3,(H,22,28)(H2,23,24,29). The molecule has 0 aliphatic carbocycles. The Labute approximate surface area is 174 Å². The normalized spacial score (nSPS) is 11.9. The van der Waals surface area contributed by atoms with Crippen LogP contribution < -0.4 is 20.7 Å². The first-order chi connectivity index (χ1) is 14.5. The summed E-state index contributed by atoms with van der Waals surface area (Å²) in [5.41, 5.74) is 1.33. The molecular formula is C21H26N6O3. The summed E-state index contributed by atoms with van der Waals surface area (Å²) in [6.45, 7) is 6.37. The number of urea groups is 1. The van der Waals surface area contributed by atoms with Crippen molar-refractivity contribution in [1.82, 2.24) is 25.2 Å². The van der Waals surface area contributed by atoms with Crippen LogP contribution in [0.3, 0.4) is 0 Å². The fraction of sp³-hybridized carbons (Fsp3) is 0.333. The monoisotopic (exact) mass is 410 g/mol. The van der Waals surface area contributed by atoms with E-state index in [1.165, 1.54) is 0 Å². The predicted octanol–water partition coefficient (Wildman–Crippen LogP) is 2.76. The van der Waals surface area contributed by atoms with Crippen LogP contribution in [0.2, 0.25) is 0 Å². The molecular weight excluding hydrogens is 384 g/mol. The van der Waals surface area contributed by atoms with E-state index in [-0.39, 0.29) is 30.5 Å². The summed E-state index contributed by atoms with van der Waals surface area (Å²) in [6, 6.07) is 11.8.